The predicted molar refractivity (Wildman–Crippen MR) is 75.8 cm³/mol. The first kappa shape index (κ1) is 13.1. The molecule has 1 heterocycles. The van der Waals surface area contributed by atoms with Gasteiger partial charge in [-0.25, -0.2) is 0 Å². The van der Waals surface area contributed by atoms with Crippen molar-refractivity contribution in [2.24, 2.45) is 5.73 Å². The first-order chi connectivity index (χ1) is 8.61. The van der Waals surface area contributed by atoms with Crippen LogP contribution in [0.3, 0.4) is 0 Å². The lowest BCUT2D eigenvalue weighted by Gasteiger charge is -2.21. The summed E-state index contributed by atoms with van der Waals surface area (Å²) in [5, 5.41) is 0.757. The van der Waals surface area contributed by atoms with E-state index in [-0.39, 0.29) is 12.0 Å². The van der Waals surface area contributed by atoms with Gasteiger partial charge in [-0.1, -0.05) is 42.8 Å². The van der Waals surface area contributed by atoms with Gasteiger partial charge in [-0.2, -0.15) is 0 Å². The number of hydrogen-bond acceptors (Lipinski definition) is 2. The molecule has 0 aliphatic carbocycles. The number of aromatic nitrogens is 1. The van der Waals surface area contributed by atoms with Gasteiger partial charge in [0.15, 0.2) is 0 Å². The summed E-state index contributed by atoms with van der Waals surface area (Å²) >= 11 is 6.32. The number of rotatable bonds is 3. The highest BCUT2D eigenvalue weighted by Crippen LogP contribution is 2.32. The second kappa shape index (κ2) is 5.51. The van der Waals surface area contributed by atoms with Crippen LogP contribution in [-0.2, 0) is 0 Å². The second-order valence-electron chi connectivity index (χ2n) is 4.55. The van der Waals surface area contributed by atoms with Gasteiger partial charge < -0.3 is 5.73 Å². The third kappa shape index (κ3) is 2.55. The van der Waals surface area contributed by atoms with Gasteiger partial charge in [-0.15, -0.1) is 0 Å². The van der Waals surface area contributed by atoms with Gasteiger partial charge in [-0.3, -0.25) is 4.98 Å². The van der Waals surface area contributed by atoms with E-state index < -0.39 is 0 Å². The van der Waals surface area contributed by atoms with E-state index in [1.165, 1.54) is 0 Å². The SMILES string of the molecule is Cc1cccc(C(N)C(C)c2ccccn2)c1Cl. The molecule has 0 fully saturated rings. The molecule has 2 atom stereocenters. The fraction of sp³-hybridized carbons (Fsp3) is 0.267. The van der Waals surface area contributed by atoms with Crippen molar-refractivity contribution in [3.63, 3.8) is 0 Å². The van der Waals surface area contributed by atoms with Gasteiger partial charge in [0.25, 0.3) is 0 Å². The summed E-state index contributed by atoms with van der Waals surface area (Å²) in [4.78, 5) is 4.35. The quantitative estimate of drug-likeness (QED) is 0.911. The molecule has 2 unspecified atom stereocenters. The van der Waals surface area contributed by atoms with Crippen molar-refractivity contribution in [1.29, 1.82) is 0 Å². The van der Waals surface area contributed by atoms with Crippen LogP contribution in [0, 0.1) is 6.92 Å². The monoisotopic (exact) mass is 260 g/mol. The summed E-state index contributed by atoms with van der Waals surface area (Å²) in [6.45, 7) is 4.07. The third-order valence-corrected chi connectivity index (χ3v) is 3.79. The molecule has 94 valence electrons. The highest BCUT2D eigenvalue weighted by atomic mass is 35.5. The van der Waals surface area contributed by atoms with E-state index in [1.807, 2.05) is 43.3 Å². The van der Waals surface area contributed by atoms with E-state index in [4.69, 9.17) is 17.3 Å². The molecule has 2 rings (SSSR count). The maximum absolute atomic E-state index is 6.32. The van der Waals surface area contributed by atoms with Crippen LogP contribution in [0.15, 0.2) is 42.6 Å². The zero-order chi connectivity index (χ0) is 13.1. The second-order valence-corrected chi connectivity index (χ2v) is 4.93. The molecule has 1 aromatic heterocycles. The topological polar surface area (TPSA) is 38.9 Å². The van der Waals surface area contributed by atoms with E-state index >= 15 is 0 Å². The number of hydrogen-bond donors (Lipinski definition) is 1. The summed E-state index contributed by atoms with van der Waals surface area (Å²) in [6.07, 6.45) is 1.79. The van der Waals surface area contributed by atoms with Crippen LogP contribution in [0.25, 0.3) is 0 Å². The van der Waals surface area contributed by atoms with Crippen LogP contribution in [0.1, 0.15) is 35.7 Å². The fourth-order valence-corrected chi connectivity index (χ4v) is 2.28. The molecule has 0 radical (unpaired) electrons. The van der Waals surface area contributed by atoms with E-state index in [2.05, 4.69) is 11.9 Å². The summed E-state index contributed by atoms with van der Waals surface area (Å²) in [6, 6.07) is 11.7. The Morgan fingerprint density at radius 2 is 1.94 bits per heavy atom. The molecular formula is C15H17ClN2. The lowest BCUT2D eigenvalue weighted by atomic mass is 9.91. The molecule has 2 N–H and O–H groups in total. The van der Waals surface area contributed by atoms with Crippen molar-refractivity contribution in [3.05, 3.63) is 64.4 Å². The lowest BCUT2D eigenvalue weighted by Crippen LogP contribution is -2.19. The number of nitrogens with two attached hydrogens (primary N) is 1. The molecule has 0 spiro atoms. The maximum atomic E-state index is 6.32. The van der Waals surface area contributed by atoms with Crippen LogP contribution in [0.4, 0.5) is 0 Å². The van der Waals surface area contributed by atoms with E-state index in [1.54, 1.807) is 6.20 Å². The van der Waals surface area contributed by atoms with Crippen molar-refractivity contribution in [2.45, 2.75) is 25.8 Å². The minimum atomic E-state index is -0.146. The molecular weight excluding hydrogens is 244 g/mol. The van der Waals surface area contributed by atoms with Crippen LogP contribution >= 0.6 is 11.6 Å². The average Bonchev–Trinajstić information content (AvgIpc) is 2.41. The van der Waals surface area contributed by atoms with Crippen molar-refractivity contribution in [1.82, 2.24) is 4.98 Å². The van der Waals surface area contributed by atoms with Gasteiger partial charge in [-0.05, 0) is 30.2 Å². The zero-order valence-corrected chi connectivity index (χ0v) is 11.4. The minimum Gasteiger partial charge on any atom is -0.323 e. The van der Waals surface area contributed by atoms with Crippen LogP contribution in [0.2, 0.25) is 5.02 Å². The summed E-state index contributed by atoms with van der Waals surface area (Å²) in [5.74, 6) is 0.130. The molecule has 18 heavy (non-hydrogen) atoms. The van der Waals surface area contributed by atoms with Crippen LogP contribution in [-0.4, -0.2) is 4.98 Å². The number of benzene rings is 1. The molecule has 0 amide bonds. The number of nitrogens with zero attached hydrogens (tertiary/aromatic N) is 1. The average molecular weight is 261 g/mol. The van der Waals surface area contributed by atoms with Crippen molar-refractivity contribution in [2.75, 3.05) is 0 Å². The maximum Gasteiger partial charge on any atom is 0.0483 e. The Bertz CT molecular complexity index is 525. The number of halogens is 1. The number of aryl methyl sites for hydroxylation is 1. The van der Waals surface area contributed by atoms with E-state index in [9.17, 15) is 0 Å². The molecule has 0 aliphatic rings. The highest BCUT2D eigenvalue weighted by Gasteiger charge is 2.20. The third-order valence-electron chi connectivity index (χ3n) is 3.27. The highest BCUT2D eigenvalue weighted by molar-refractivity contribution is 6.32. The molecule has 0 bridgehead atoms. The summed E-state index contributed by atoms with van der Waals surface area (Å²) < 4.78 is 0. The summed E-state index contributed by atoms with van der Waals surface area (Å²) in [5.41, 5.74) is 9.34. The smallest absolute Gasteiger partial charge is 0.0483 e. The Balaban J connectivity index is 2.31. The lowest BCUT2D eigenvalue weighted by molar-refractivity contribution is 0.584. The molecule has 3 heteroatoms. The summed E-state index contributed by atoms with van der Waals surface area (Å²) in [7, 11) is 0. The van der Waals surface area contributed by atoms with Crippen molar-refractivity contribution in [3.8, 4) is 0 Å². The Hall–Kier alpha value is -1.38. The largest absolute Gasteiger partial charge is 0.323 e. The number of pyridine rings is 1. The Labute approximate surface area is 113 Å². The molecule has 0 aliphatic heterocycles. The predicted octanol–water partition coefficient (Wildman–Crippen LogP) is 3.85. The Kier molecular flexibility index (Phi) is 4.00. The van der Waals surface area contributed by atoms with E-state index in [0.29, 0.717) is 0 Å². The minimum absolute atomic E-state index is 0.130. The fourth-order valence-electron chi connectivity index (χ4n) is 2.03. The Morgan fingerprint density at radius 1 is 1.17 bits per heavy atom. The van der Waals surface area contributed by atoms with Gasteiger partial charge in [0.05, 0.1) is 0 Å². The van der Waals surface area contributed by atoms with Gasteiger partial charge in [0.2, 0.25) is 0 Å². The van der Waals surface area contributed by atoms with Crippen LogP contribution < -0.4 is 5.73 Å². The van der Waals surface area contributed by atoms with Gasteiger partial charge in [0.1, 0.15) is 0 Å². The van der Waals surface area contributed by atoms with Gasteiger partial charge in [0, 0.05) is 28.9 Å². The first-order valence-electron chi connectivity index (χ1n) is 6.02. The first-order valence-corrected chi connectivity index (χ1v) is 6.40. The van der Waals surface area contributed by atoms with E-state index in [0.717, 1.165) is 21.8 Å². The Morgan fingerprint density at radius 3 is 2.61 bits per heavy atom. The van der Waals surface area contributed by atoms with Crippen molar-refractivity contribution >= 4 is 11.6 Å². The zero-order valence-electron chi connectivity index (χ0n) is 10.6. The molecule has 0 saturated heterocycles. The van der Waals surface area contributed by atoms with Crippen molar-refractivity contribution < 1.29 is 0 Å². The standard InChI is InChI=1S/C15H17ClN2/c1-10-6-5-7-12(14(10)16)15(17)11(2)13-8-3-4-9-18-13/h3-9,11,15H,17H2,1-2H3. The molecule has 2 nitrogen and oxygen atoms in total. The molecule has 1 aromatic carbocycles. The molecule has 2 aromatic rings. The molecule has 0 saturated carbocycles. The van der Waals surface area contributed by atoms with Crippen LogP contribution in [0.5, 0.6) is 0 Å². The normalized spacial score (nSPS) is 14.2. The van der Waals surface area contributed by atoms with Gasteiger partial charge >= 0.3 is 0 Å².